The van der Waals surface area contributed by atoms with Crippen molar-refractivity contribution in [3.05, 3.63) is 0 Å². The molecule has 2 N–H and O–H groups in total. The van der Waals surface area contributed by atoms with Crippen molar-refractivity contribution < 1.29 is 9.47 Å². The summed E-state index contributed by atoms with van der Waals surface area (Å²) >= 11 is 0. The minimum absolute atomic E-state index is 0.159. The lowest BCUT2D eigenvalue weighted by Gasteiger charge is -2.29. The summed E-state index contributed by atoms with van der Waals surface area (Å²) in [6.45, 7) is 2.11. The molecule has 6 nitrogen and oxygen atoms in total. The number of unbranched alkanes of at least 4 members (excludes halogenated alkanes) is 2. The third-order valence-corrected chi connectivity index (χ3v) is 4.76. The van der Waals surface area contributed by atoms with E-state index < -0.39 is 16.7 Å². The number of aliphatic imine (C=N–C) groups is 1. The van der Waals surface area contributed by atoms with Crippen LogP contribution < -0.4 is 5.73 Å². The molecular formula is C14H20N4O2. The minimum Gasteiger partial charge on any atom is -0.386 e. The zero-order chi connectivity index (χ0) is 15.0. The predicted molar refractivity (Wildman–Crippen MR) is 72.1 cm³/mol. The van der Waals surface area contributed by atoms with Gasteiger partial charge in [-0.15, -0.1) is 0 Å². The van der Waals surface area contributed by atoms with Crippen LogP contribution in [0, 0.1) is 39.4 Å². The first-order valence-electron chi connectivity index (χ1n) is 6.85. The average molecular weight is 276 g/mol. The average Bonchev–Trinajstić information content (AvgIpc) is 3.00. The molecule has 3 atom stereocenters. The zero-order valence-corrected chi connectivity index (χ0v) is 12.1. The van der Waals surface area contributed by atoms with Gasteiger partial charge in [0.15, 0.2) is 5.41 Å². The van der Waals surface area contributed by atoms with Crippen LogP contribution >= 0.6 is 0 Å². The predicted octanol–water partition coefficient (Wildman–Crippen LogP) is 1.53. The van der Waals surface area contributed by atoms with Crippen LogP contribution in [0.3, 0.4) is 0 Å². The molecule has 1 fully saturated rings. The van der Waals surface area contributed by atoms with E-state index in [0.717, 1.165) is 25.7 Å². The van der Waals surface area contributed by atoms with Gasteiger partial charge in [0, 0.05) is 20.1 Å². The van der Waals surface area contributed by atoms with Crippen LogP contribution in [-0.2, 0) is 9.47 Å². The van der Waals surface area contributed by atoms with Gasteiger partial charge >= 0.3 is 0 Å². The molecule has 1 aliphatic heterocycles. The van der Waals surface area contributed by atoms with Crippen molar-refractivity contribution in [2.45, 2.75) is 38.5 Å². The van der Waals surface area contributed by atoms with E-state index in [9.17, 15) is 10.5 Å². The van der Waals surface area contributed by atoms with Crippen molar-refractivity contribution in [3.8, 4) is 12.1 Å². The van der Waals surface area contributed by atoms with Crippen molar-refractivity contribution in [2.24, 2.45) is 27.5 Å². The molecule has 0 amide bonds. The van der Waals surface area contributed by atoms with Gasteiger partial charge in [0.05, 0.1) is 12.1 Å². The molecule has 0 unspecified atom stereocenters. The fourth-order valence-electron chi connectivity index (χ4n) is 3.72. The van der Waals surface area contributed by atoms with E-state index >= 15 is 0 Å². The Morgan fingerprint density at radius 2 is 1.90 bits per heavy atom. The first-order valence-corrected chi connectivity index (χ1v) is 6.85. The number of ether oxygens (including phenoxy) is 2. The Morgan fingerprint density at radius 3 is 2.35 bits per heavy atom. The van der Waals surface area contributed by atoms with Gasteiger partial charge in [0.25, 0.3) is 5.91 Å². The lowest BCUT2D eigenvalue weighted by atomic mass is 9.94. The molecule has 0 spiro atoms. The number of nitrogens with two attached hydrogens (primary N) is 1. The molecule has 2 aliphatic rings. The number of hydrogen-bond acceptors (Lipinski definition) is 6. The molecule has 1 aliphatic carbocycles. The first-order chi connectivity index (χ1) is 9.56. The summed E-state index contributed by atoms with van der Waals surface area (Å²) < 4.78 is 10.7. The number of nitriles is 2. The van der Waals surface area contributed by atoms with Gasteiger partial charge < -0.3 is 15.2 Å². The van der Waals surface area contributed by atoms with Gasteiger partial charge in [-0.2, -0.15) is 10.5 Å². The lowest BCUT2D eigenvalue weighted by Crippen LogP contribution is -2.41. The topological polar surface area (TPSA) is 104 Å². The standard InChI is InChI=1S/C14H20N4O2/c1-4-5-6-7-10-12(8-15)11(17)18-14(19-2,20-3)13(10,12)9-16/h10H,4-7H2,1-3H3,(H2,17,18)/t10-,12+,13+/m0/s1. The summed E-state index contributed by atoms with van der Waals surface area (Å²) in [5, 5.41) is 19.3. The van der Waals surface area contributed by atoms with Crippen LogP contribution in [0.5, 0.6) is 0 Å². The number of nitrogens with zero attached hydrogens (tertiary/aromatic N) is 3. The highest BCUT2D eigenvalue weighted by atomic mass is 16.7. The van der Waals surface area contributed by atoms with Gasteiger partial charge in [-0.1, -0.05) is 26.2 Å². The van der Waals surface area contributed by atoms with Crippen LogP contribution in [0.15, 0.2) is 4.99 Å². The Hall–Kier alpha value is -1.63. The monoisotopic (exact) mass is 276 g/mol. The molecule has 6 heteroatoms. The molecule has 1 saturated carbocycles. The van der Waals surface area contributed by atoms with Gasteiger partial charge in [0.2, 0.25) is 0 Å². The maximum Gasteiger partial charge on any atom is 0.292 e. The van der Waals surface area contributed by atoms with E-state index in [1.807, 2.05) is 0 Å². The Morgan fingerprint density at radius 1 is 1.25 bits per heavy atom. The summed E-state index contributed by atoms with van der Waals surface area (Å²) in [6.07, 6.45) is 3.84. The molecule has 0 aromatic carbocycles. The van der Waals surface area contributed by atoms with Gasteiger partial charge in [0.1, 0.15) is 11.3 Å². The molecule has 108 valence electrons. The van der Waals surface area contributed by atoms with E-state index in [-0.39, 0.29) is 11.8 Å². The summed E-state index contributed by atoms with van der Waals surface area (Å²) in [7, 11) is 2.85. The molecule has 0 aromatic rings. The second kappa shape index (κ2) is 4.73. The Labute approximate surface area is 119 Å². The minimum atomic E-state index is -1.46. The zero-order valence-electron chi connectivity index (χ0n) is 12.1. The quantitative estimate of drug-likeness (QED) is 0.585. The Bertz CT molecular complexity index is 514. The van der Waals surface area contributed by atoms with Crippen LogP contribution in [0.1, 0.15) is 32.6 Å². The third-order valence-electron chi connectivity index (χ3n) is 4.76. The number of amidine groups is 1. The highest BCUT2D eigenvalue weighted by molar-refractivity contribution is 5.98. The molecule has 0 radical (unpaired) electrons. The van der Waals surface area contributed by atoms with Crippen molar-refractivity contribution in [3.63, 3.8) is 0 Å². The van der Waals surface area contributed by atoms with Crippen molar-refractivity contribution in [1.82, 2.24) is 0 Å². The van der Waals surface area contributed by atoms with E-state index in [2.05, 4.69) is 24.1 Å². The molecule has 1 heterocycles. The van der Waals surface area contributed by atoms with E-state index in [1.54, 1.807) is 0 Å². The van der Waals surface area contributed by atoms with Gasteiger partial charge in [-0.05, 0) is 6.42 Å². The first kappa shape index (κ1) is 14.8. The Kier molecular flexibility index (Phi) is 3.49. The van der Waals surface area contributed by atoms with E-state index in [4.69, 9.17) is 15.2 Å². The number of methoxy groups -OCH3 is 2. The summed E-state index contributed by atoms with van der Waals surface area (Å²) in [6, 6.07) is 4.46. The summed E-state index contributed by atoms with van der Waals surface area (Å²) in [5.41, 5.74) is 3.77. The maximum atomic E-state index is 9.72. The second-order valence-corrected chi connectivity index (χ2v) is 5.38. The summed E-state index contributed by atoms with van der Waals surface area (Å²) in [5.74, 6) is -1.49. The highest BCUT2D eigenvalue weighted by Crippen LogP contribution is 2.79. The smallest absolute Gasteiger partial charge is 0.292 e. The van der Waals surface area contributed by atoms with Gasteiger partial charge in [-0.25, -0.2) is 4.99 Å². The Balaban J connectivity index is 2.42. The van der Waals surface area contributed by atoms with E-state index in [0.29, 0.717) is 0 Å². The fourth-order valence-corrected chi connectivity index (χ4v) is 3.72. The molecule has 0 saturated heterocycles. The third kappa shape index (κ3) is 1.31. The molecule has 0 aromatic heterocycles. The summed E-state index contributed by atoms with van der Waals surface area (Å²) in [4.78, 5) is 4.16. The SMILES string of the molecule is CCCCC[C@H]1[C@]2(C#N)C(N)=NC(OC)(OC)[C@]12C#N. The number of fused-ring (bicyclic) bond motifs is 1. The van der Waals surface area contributed by atoms with Crippen LogP contribution in [0.2, 0.25) is 0 Å². The van der Waals surface area contributed by atoms with Crippen molar-refractivity contribution >= 4 is 5.84 Å². The molecular weight excluding hydrogens is 256 g/mol. The maximum absolute atomic E-state index is 9.72. The lowest BCUT2D eigenvalue weighted by molar-refractivity contribution is -0.232. The molecule has 20 heavy (non-hydrogen) atoms. The van der Waals surface area contributed by atoms with Gasteiger partial charge in [-0.3, -0.25) is 0 Å². The molecule has 2 rings (SSSR count). The number of hydrogen-bond donors (Lipinski definition) is 1. The van der Waals surface area contributed by atoms with Crippen LogP contribution in [0.4, 0.5) is 0 Å². The molecule has 0 bridgehead atoms. The second-order valence-electron chi connectivity index (χ2n) is 5.38. The van der Waals surface area contributed by atoms with Crippen LogP contribution in [-0.4, -0.2) is 26.0 Å². The van der Waals surface area contributed by atoms with Crippen molar-refractivity contribution in [2.75, 3.05) is 14.2 Å². The van der Waals surface area contributed by atoms with Crippen LogP contribution in [0.25, 0.3) is 0 Å². The van der Waals surface area contributed by atoms with Crippen molar-refractivity contribution in [1.29, 1.82) is 10.5 Å². The largest absolute Gasteiger partial charge is 0.386 e. The number of rotatable bonds is 6. The fraction of sp³-hybridized carbons (Fsp3) is 0.786. The normalized spacial score (nSPS) is 36.6. The van der Waals surface area contributed by atoms with E-state index in [1.165, 1.54) is 14.2 Å². The highest BCUT2D eigenvalue weighted by Gasteiger charge is 2.92.